The summed E-state index contributed by atoms with van der Waals surface area (Å²) in [6.07, 6.45) is 0.961. The van der Waals surface area contributed by atoms with E-state index in [1.807, 2.05) is 14.0 Å². The van der Waals surface area contributed by atoms with Crippen LogP contribution < -0.4 is 4.90 Å². The predicted molar refractivity (Wildman–Crippen MR) is 71.8 cm³/mol. The first-order chi connectivity index (χ1) is 7.30. The van der Waals surface area contributed by atoms with Gasteiger partial charge in [0.2, 0.25) is 5.13 Å². The van der Waals surface area contributed by atoms with E-state index in [4.69, 9.17) is 11.6 Å². The van der Waals surface area contributed by atoms with Gasteiger partial charge in [0, 0.05) is 35.9 Å². The van der Waals surface area contributed by atoms with Crippen molar-refractivity contribution in [2.75, 3.05) is 18.5 Å². The second kappa shape index (κ2) is 5.32. The van der Waals surface area contributed by atoms with E-state index in [0.29, 0.717) is 0 Å². The molecule has 1 atom stereocenters. The van der Waals surface area contributed by atoms with Gasteiger partial charge in [-0.15, -0.1) is 11.6 Å². The second-order valence-electron chi connectivity index (χ2n) is 5.14. The van der Waals surface area contributed by atoms with Crippen LogP contribution in [-0.2, 0) is 5.41 Å². The van der Waals surface area contributed by atoms with Crippen LogP contribution in [0.25, 0.3) is 0 Å². The molecule has 16 heavy (non-hydrogen) atoms. The average Bonchev–Trinajstić information content (AvgIpc) is 2.61. The molecule has 0 bridgehead atoms. The van der Waals surface area contributed by atoms with E-state index in [9.17, 15) is 0 Å². The van der Waals surface area contributed by atoms with E-state index in [0.717, 1.165) is 23.9 Å². The molecule has 0 fully saturated rings. The first-order valence-electron chi connectivity index (χ1n) is 5.50. The van der Waals surface area contributed by atoms with Crippen LogP contribution in [0.5, 0.6) is 0 Å². The van der Waals surface area contributed by atoms with Crippen molar-refractivity contribution < 1.29 is 0 Å². The molecule has 0 saturated carbocycles. The highest BCUT2D eigenvalue weighted by molar-refractivity contribution is 7.09. The fraction of sp³-hybridized carbons (Fsp3) is 0.818. The summed E-state index contributed by atoms with van der Waals surface area (Å²) in [7, 11) is 2.03. The summed E-state index contributed by atoms with van der Waals surface area (Å²) in [5, 5.41) is 1.18. The number of nitrogens with zero attached hydrogens (tertiary/aromatic N) is 3. The van der Waals surface area contributed by atoms with Gasteiger partial charge in [-0.2, -0.15) is 4.37 Å². The van der Waals surface area contributed by atoms with Crippen molar-refractivity contribution in [1.29, 1.82) is 0 Å². The van der Waals surface area contributed by atoms with Crippen molar-refractivity contribution in [3.63, 3.8) is 0 Å². The zero-order chi connectivity index (χ0) is 12.3. The lowest BCUT2D eigenvalue weighted by molar-refractivity contribution is 0.554. The summed E-state index contributed by atoms with van der Waals surface area (Å²) in [5.74, 6) is 0.915. The first-order valence-corrected chi connectivity index (χ1v) is 6.71. The molecule has 1 heterocycles. The van der Waals surface area contributed by atoms with Gasteiger partial charge in [-0.1, -0.05) is 20.8 Å². The van der Waals surface area contributed by atoms with Gasteiger partial charge in [0.05, 0.1) is 0 Å². The molecule has 0 aromatic carbocycles. The minimum absolute atomic E-state index is 0.0232. The highest BCUT2D eigenvalue weighted by atomic mass is 35.5. The van der Waals surface area contributed by atoms with Gasteiger partial charge in [0.25, 0.3) is 0 Å². The van der Waals surface area contributed by atoms with E-state index >= 15 is 0 Å². The van der Waals surface area contributed by atoms with Crippen LogP contribution in [0.1, 0.15) is 39.9 Å². The molecule has 1 aromatic heterocycles. The van der Waals surface area contributed by atoms with Gasteiger partial charge in [-0.3, -0.25) is 0 Å². The second-order valence-corrected chi connectivity index (χ2v) is 6.62. The third kappa shape index (κ3) is 3.91. The van der Waals surface area contributed by atoms with Crippen LogP contribution in [0.2, 0.25) is 0 Å². The third-order valence-electron chi connectivity index (χ3n) is 2.27. The minimum atomic E-state index is 0.0232. The van der Waals surface area contributed by atoms with Crippen molar-refractivity contribution in [1.82, 2.24) is 9.36 Å². The van der Waals surface area contributed by atoms with E-state index in [2.05, 4.69) is 35.0 Å². The monoisotopic (exact) mass is 261 g/mol. The average molecular weight is 262 g/mol. The molecule has 5 heteroatoms. The van der Waals surface area contributed by atoms with E-state index in [-0.39, 0.29) is 10.8 Å². The molecular weight excluding hydrogens is 242 g/mol. The van der Waals surface area contributed by atoms with Gasteiger partial charge >= 0.3 is 0 Å². The fourth-order valence-corrected chi connectivity index (χ4v) is 2.08. The molecule has 0 N–H and O–H groups in total. The maximum atomic E-state index is 5.93. The molecule has 0 saturated heterocycles. The van der Waals surface area contributed by atoms with Crippen LogP contribution in [0.3, 0.4) is 0 Å². The minimum Gasteiger partial charge on any atom is -0.350 e. The van der Waals surface area contributed by atoms with Gasteiger partial charge in [-0.05, 0) is 13.3 Å². The lowest BCUT2D eigenvalue weighted by Gasteiger charge is -2.16. The zero-order valence-electron chi connectivity index (χ0n) is 10.6. The summed E-state index contributed by atoms with van der Waals surface area (Å²) < 4.78 is 4.39. The van der Waals surface area contributed by atoms with Gasteiger partial charge in [-0.25, -0.2) is 4.98 Å². The number of anilines is 1. The number of hydrogen-bond acceptors (Lipinski definition) is 4. The Hall–Kier alpha value is -0.350. The third-order valence-corrected chi connectivity index (χ3v) is 3.32. The van der Waals surface area contributed by atoms with Crippen molar-refractivity contribution in [2.24, 2.45) is 0 Å². The Morgan fingerprint density at radius 2 is 2.06 bits per heavy atom. The molecule has 0 aliphatic rings. The van der Waals surface area contributed by atoms with Gasteiger partial charge in [0.1, 0.15) is 5.82 Å². The molecule has 92 valence electrons. The Bertz CT molecular complexity index is 330. The highest BCUT2D eigenvalue weighted by Gasteiger charge is 2.20. The number of rotatable bonds is 4. The van der Waals surface area contributed by atoms with E-state index < -0.39 is 0 Å². The Kier molecular flexibility index (Phi) is 4.56. The Morgan fingerprint density at radius 3 is 2.50 bits per heavy atom. The first kappa shape index (κ1) is 13.7. The molecule has 1 unspecified atom stereocenters. The molecule has 0 radical (unpaired) electrons. The molecule has 1 aromatic rings. The summed E-state index contributed by atoms with van der Waals surface area (Å²) in [6.45, 7) is 9.30. The van der Waals surface area contributed by atoms with E-state index in [1.54, 1.807) is 0 Å². The smallest absolute Gasteiger partial charge is 0.204 e. The SMILES string of the molecule is CC(Cl)CCN(C)c1nc(C(C)(C)C)ns1. The van der Waals surface area contributed by atoms with Crippen molar-refractivity contribution in [2.45, 2.75) is 44.9 Å². The van der Waals surface area contributed by atoms with Crippen LogP contribution in [0, 0.1) is 0 Å². The van der Waals surface area contributed by atoms with Crippen molar-refractivity contribution in [3.05, 3.63) is 5.82 Å². The zero-order valence-corrected chi connectivity index (χ0v) is 12.2. The lowest BCUT2D eigenvalue weighted by Crippen LogP contribution is -2.21. The summed E-state index contributed by atoms with van der Waals surface area (Å²) in [6, 6.07) is 0. The molecule has 0 spiro atoms. The molecule has 0 amide bonds. The Labute approximate surface area is 107 Å². The number of alkyl halides is 1. The maximum Gasteiger partial charge on any atom is 0.204 e. The summed E-state index contributed by atoms with van der Waals surface area (Å²) >= 11 is 7.39. The highest BCUT2D eigenvalue weighted by Crippen LogP contribution is 2.24. The molecular formula is C11H20ClN3S. The maximum absolute atomic E-state index is 5.93. The predicted octanol–water partition coefficient (Wildman–Crippen LogP) is 3.29. The van der Waals surface area contributed by atoms with Crippen molar-refractivity contribution in [3.8, 4) is 0 Å². The normalized spacial score (nSPS) is 13.9. The van der Waals surface area contributed by atoms with Crippen LogP contribution in [-0.4, -0.2) is 28.3 Å². The van der Waals surface area contributed by atoms with Gasteiger partial charge in [0.15, 0.2) is 0 Å². The number of hydrogen-bond donors (Lipinski definition) is 0. The van der Waals surface area contributed by atoms with Crippen LogP contribution >= 0.6 is 23.1 Å². The largest absolute Gasteiger partial charge is 0.350 e. The van der Waals surface area contributed by atoms with E-state index in [1.165, 1.54) is 11.5 Å². The quantitative estimate of drug-likeness (QED) is 0.779. The summed E-state index contributed by atoms with van der Waals surface area (Å²) in [5.41, 5.74) is 0.0232. The number of aromatic nitrogens is 2. The van der Waals surface area contributed by atoms with Crippen molar-refractivity contribution >= 4 is 28.3 Å². The topological polar surface area (TPSA) is 29.0 Å². The lowest BCUT2D eigenvalue weighted by atomic mass is 9.96. The number of halogens is 1. The van der Waals surface area contributed by atoms with Crippen LogP contribution in [0.15, 0.2) is 0 Å². The Morgan fingerprint density at radius 1 is 1.44 bits per heavy atom. The molecule has 0 aliphatic heterocycles. The Balaban J connectivity index is 2.63. The molecule has 3 nitrogen and oxygen atoms in total. The van der Waals surface area contributed by atoms with Gasteiger partial charge < -0.3 is 4.90 Å². The molecule has 0 aliphatic carbocycles. The van der Waals surface area contributed by atoms with Crippen LogP contribution in [0.4, 0.5) is 5.13 Å². The fourth-order valence-electron chi connectivity index (χ4n) is 1.14. The molecule has 1 rings (SSSR count). The standard InChI is InChI=1S/C11H20ClN3S/c1-8(12)6-7-15(5)10-13-9(14-16-10)11(2,3)4/h8H,6-7H2,1-5H3. The summed E-state index contributed by atoms with van der Waals surface area (Å²) in [4.78, 5) is 6.67.